The Bertz CT molecular complexity index is 696. The summed E-state index contributed by atoms with van der Waals surface area (Å²) in [6, 6.07) is 8.10. The molecule has 2 heterocycles. The average Bonchev–Trinajstić information content (AvgIpc) is 2.90. The molecule has 1 aliphatic rings. The summed E-state index contributed by atoms with van der Waals surface area (Å²) in [5.41, 5.74) is 3.18. The number of fused-ring (bicyclic) bond motifs is 1. The van der Waals surface area contributed by atoms with Gasteiger partial charge >= 0.3 is 0 Å². The molecule has 1 aromatic carbocycles. The summed E-state index contributed by atoms with van der Waals surface area (Å²) in [5.74, 6) is 1.22. The molecule has 2 aromatic rings. The molecule has 0 unspecified atom stereocenters. The van der Waals surface area contributed by atoms with Crippen LogP contribution in [0.15, 0.2) is 34.6 Å². The van der Waals surface area contributed by atoms with Crippen LogP contribution in [0.2, 0.25) is 0 Å². The maximum absolute atomic E-state index is 11.9. The van der Waals surface area contributed by atoms with Crippen molar-refractivity contribution in [2.24, 2.45) is 4.99 Å². The number of thioether (sulfide) groups is 2. The first-order valence-corrected chi connectivity index (χ1v) is 9.20. The second-order valence-corrected chi connectivity index (χ2v) is 7.47. The number of rotatable bonds is 3. The molecule has 1 N–H and O–H groups in total. The molecule has 1 aliphatic heterocycles. The lowest BCUT2D eigenvalue weighted by molar-refractivity contribution is -0.113. The van der Waals surface area contributed by atoms with Crippen LogP contribution in [-0.4, -0.2) is 21.0 Å². The number of carbonyl (C=O) groups is 1. The molecule has 4 nitrogen and oxygen atoms in total. The Morgan fingerprint density at radius 1 is 1.43 bits per heavy atom. The molecular formula is C14H13N3OS3. The van der Waals surface area contributed by atoms with Gasteiger partial charge in [0.2, 0.25) is 5.91 Å². The molecule has 0 saturated heterocycles. The highest BCUT2D eigenvalue weighted by molar-refractivity contribution is 8.38. The molecule has 0 radical (unpaired) electrons. The van der Waals surface area contributed by atoms with Crippen LogP contribution in [0.5, 0.6) is 0 Å². The fraction of sp³-hybridized carbons (Fsp3) is 0.214. The fourth-order valence-corrected chi connectivity index (χ4v) is 4.35. The van der Waals surface area contributed by atoms with Gasteiger partial charge in [-0.05, 0) is 18.6 Å². The summed E-state index contributed by atoms with van der Waals surface area (Å²) in [6.45, 7) is 1.91. The van der Waals surface area contributed by atoms with Gasteiger partial charge in [-0.3, -0.25) is 4.79 Å². The number of nitrogens with zero attached hydrogens (tertiary/aromatic N) is 2. The summed E-state index contributed by atoms with van der Waals surface area (Å²) in [6.07, 6.45) is 0. The van der Waals surface area contributed by atoms with E-state index < -0.39 is 0 Å². The van der Waals surface area contributed by atoms with Gasteiger partial charge in [0.1, 0.15) is 4.38 Å². The molecule has 1 amide bonds. The molecule has 0 bridgehead atoms. The van der Waals surface area contributed by atoms with E-state index >= 15 is 0 Å². The summed E-state index contributed by atoms with van der Waals surface area (Å²) in [4.78, 5) is 20.7. The molecule has 0 atom stereocenters. The van der Waals surface area contributed by atoms with Crippen LogP contribution < -0.4 is 5.32 Å². The van der Waals surface area contributed by atoms with Gasteiger partial charge in [0, 0.05) is 11.1 Å². The number of thiazole rings is 1. The van der Waals surface area contributed by atoms with Crippen LogP contribution in [-0.2, 0) is 10.5 Å². The molecule has 21 heavy (non-hydrogen) atoms. The highest BCUT2D eigenvalue weighted by Crippen LogP contribution is 2.34. The van der Waals surface area contributed by atoms with Crippen molar-refractivity contribution in [1.29, 1.82) is 0 Å². The molecule has 0 spiro atoms. The van der Waals surface area contributed by atoms with Crippen LogP contribution in [0.4, 0.5) is 10.8 Å². The molecule has 7 heteroatoms. The van der Waals surface area contributed by atoms with Crippen molar-refractivity contribution in [2.45, 2.75) is 12.7 Å². The number of amides is 1. The Kier molecular flexibility index (Phi) is 4.62. The molecule has 0 aliphatic carbocycles. The van der Waals surface area contributed by atoms with Crippen molar-refractivity contribution in [2.75, 3.05) is 11.1 Å². The maximum Gasteiger partial charge on any atom is 0.236 e. The number of hydrogen-bond donors (Lipinski definition) is 1. The zero-order valence-corrected chi connectivity index (χ0v) is 13.8. The number of anilines is 1. The van der Waals surface area contributed by atoms with Crippen molar-refractivity contribution >= 4 is 56.0 Å². The van der Waals surface area contributed by atoms with Crippen LogP contribution in [0.3, 0.4) is 0 Å². The Labute approximate surface area is 135 Å². The Morgan fingerprint density at radius 2 is 2.29 bits per heavy atom. The van der Waals surface area contributed by atoms with Crippen molar-refractivity contribution < 1.29 is 4.79 Å². The van der Waals surface area contributed by atoms with Crippen molar-refractivity contribution in [3.63, 3.8) is 0 Å². The SMILES string of the molecule is Cc1csc(NC(=O)CSC2=Nc3ccccc3CS2)n1. The van der Waals surface area contributed by atoms with Gasteiger partial charge in [0.15, 0.2) is 5.13 Å². The third-order valence-electron chi connectivity index (χ3n) is 2.75. The average molecular weight is 335 g/mol. The molecule has 108 valence electrons. The maximum atomic E-state index is 11.9. The number of aliphatic imine (C=N–C) groups is 1. The Morgan fingerprint density at radius 3 is 3.10 bits per heavy atom. The second kappa shape index (κ2) is 6.64. The van der Waals surface area contributed by atoms with E-state index in [0.717, 1.165) is 21.5 Å². The van der Waals surface area contributed by atoms with Crippen LogP contribution in [0.1, 0.15) is 11.3 Å². The van der Waals surface area contributed by atoms with E-state index in [0.29, 0.717) is 10.9 Å². The zero-order valence-electron chi connectivity index (χ0n) is 11.3. The van der Waals surface area contributed by atoms with E-state index in [-0.39, 0.29) is 5.91 Å². The number of aromatic nitrogens is 1. The van der Waals surface area contributed by atoms with Crippen LogP contribution in [0, 0.1) is 6.92 Å². The predicted octanol–water partition coefficient (Wildman–Crippen LogP) is 4.06. The van der Waals surface area contributed by atoms with Gasteiger partial charge in [-0.15, -0.1) is 11.3 Å². The van der Waals surface area contributed by atoms with Crippen LogP contribution in [0.25, 0.3) is 0 Å². The Balaban J connectivity index is 1.56. The standard InChI is InChI=1S/C14H13N3OS3/c1-9-6-19-13(15-9)17-12(18)8-21-14-16-11-5-3-2-4-10(11)7-20-14/h2-6H,7-8H2,1H3,(H,15,17,18). The van der Waals surface area contributed by atoms with Gasteiger partial charge in [-0.2, -0.15) is 0 Å². The van der Waals surface area contributed by atoms with E-state index in [1.807, 2.05) is 30.5 Å². The predicted molar refractivity (Wildman–Crippen MR) is 92.8 cm³/mol. The van der Waals surface area contributed by atoms with Gasteiger partial charge in [0.25, 0.3) is 0 Å². The number of carbonyl (C=O) groups excluding carboxylic acids is 1. The van der Waals surface area contributed by atoms with E-state index in [4.69, 9.17) is 0 Å². The molecule has 3 rings (SSSR count). The highest BCUT2D eigenvalue weighted by atomic mass is 32.2. The smallest absolute Gasteiger partial charge is 0.236 e. The van der Waals surface area contributed by atoms with Crippen LogP contribution >= 0.6 is 34.9 Å². The summed E-state index contributed by atoms with van der Waals surface area (Å²) < 4.78 is 0.944. The first-order chi connectivity index (χ1) is 10.2. The quantitative estimate of drug-likeness (QED) is 0.919. The first-order valence-electron chi connectivity index (χ1n) is 6.35. The van der Waals surface area contributed by atoms with Crippen molar-refractivity contribution in [3.05, 3.63) is 40.9 Å². The highest BCUT2D eigenvalue weighted by Gasteiger charge is 2.14. The normalized spacial score (nSPS) is 13.5. The second-order valence-electron chi connectivity index (χ2n) is 4.43. The third kappa shape index (κ3) is 3.87. The minimum absolute atomic E-state index is 0.0449. The number of benzene rings is 1. The van der Waals surface area contributed by atoms with Crippen molar-refractivity contribution in [3.8, 4) is 0 Å². The lowest BCUT2D eigenvalue weighted by Gasteiger charge is -2.13. The minimum Gasteiger partial charge on any atom is -0.301 e. The van der Waals surface area contributed by atoms with Gasteiger partial charge in [-0.1, -0.05) is 41.7 Å². The largest absolute Gasteiger partial charge is 0.301 e. The number of para-hydroxylation sites is 1. The summed E-state index contributed by atoms with van der Waals surface area (Å²) in [5, 5.41) is 5.38. The van der Waals surface area contributed by atoms with E-state index in [9.17, 15) is 4.79 Å². The number of hydrogen-bond acceptors (Lipinski definition) is 6. The minimum atomic E-state index is -0.0449. The monoisotopic (exact) mass is 335 g/mol. The summed E-state index contributed by atoms with van der Waals surface area (Å²) in [7, 11) is 0. The van der Waals surface area contributed by atoms with Gasteiger partial charge in [-0.25, -0.2) is 9.98 Å². The molecule has 0 saturated carbocycles. The lowest BCUT2D eigenvalue weighted by Crippen LogP contribution is -2.15. The fourth-order valence-electron chi connectivity index (χ4n) is 1.78. The zero-order chi connectivity index (χ0) is 14.7. The third-order valence-corrected chi connectivity index (χ3v) is 5.87. The summed E-state index contributed by atoms with van der Waals surface area (Å²) >= 11 is 4.59. The lowest BCUT2D eigenvalue weighted by atomic mass is 10.2. The molecular weight excluding hydrogens is 322 g/mol. The molecule has 1 aromatic heterocycles. The molecule has 0 fully saturated rings. The van der Waals surface area contributed by atoms with E-state index in [2.05, 4.69) is 21.4 Å². The van der Waals surface area contributed by atoms with Gasteiger partial charge in [0.05, 0.1) is 17.1 Å². The van der Waals surface area contributed by atoms with Gasteiger partial charge < -0.3 is 5.32 Å². The number of aryl methyl sites for hydroxylation is 1. The van der Waals surface area contributed by atoms with E-state index in [1.165, 1.54) is 28.7 Å². The van der Waals surface area contributed by atoms with Crippen molar-refractivity contribution in [1.82, 2.24) is 4.98 Å². The van der Waals surface area contributed by atoms with E-state index in [1.54, 1.807) is 11.8 Å². The number of nitrogens with one attached hydrogen (secondary N) is 1. The Hall–Kier alpha value is -1.31. The topological polar surface area (TPSA) is 54.4 Å². The first kappa shape index (κ1) is 14.6.